The van der Waals surface area contributed by atoms with Crippen molar-refractivity contribution in [3.63, 3.8) is 0 Å². The number of aromatic nitrogens is 2. The molecular formula is C13H15N5O. The van der Waals surface area contributed by atoms with Gasteiger partial charge in [-0.05, 0) is 24.6 Å². The Labute approximate surface area is 110 Å². The number of nitrogens with two attached hydrogens (primary N) is 2. The highest BCUT2D eigenvalue weighted by Crippen LogP contribution is 2.09. The minimum absolute atomic E-state index is 0.0249. The lowest BCUT2D eigenvalue weighted by Crippen LogP contribution is -2.13. The van der Waals surface area contributed by atoms with E-state index in [0.717, 1.165) is 11.3 Å². The number of nitrogens with one attached hydrogen (secondary N) is 1. The molecule has 1 amide bonds. The van der Waals surface area contributed by atoms with E-state index in [4.69, 9.17) is 16.9 Å². The largest absolute Gasteiger partial charge is 0.384 e. The van der Waals surface area contributed by atoms with E-state index in [1.54, 1.807) is 16.8 Å². The van der Waals surface area contributed by atoms with Crippen molar-refractivity contribution in [2.45, 2.75) is 13.5 Å². The van der Waals surface area contributed by atoms with E-state index in [9.17, 15) is 4.79 Å². The monoisotopic (exact) mass is 257 g/mol. The van der Waals surface area contributed by atoms with E-state index in [1.165, 1.54) is 0 Å². The first-order valence-electron chi connectivity index (χ1n) is 5.75. The third kappa shape index (κ3) is 2.79. The Bertz CT molecular complexity index is 644. The average Bonchev–Trinajstić information content (AvgIpc) is 2.71. The molecule has 5 N–H and O–H groups in total. The van der Waals surface area contributed by atoms with Crippen molar-refractivity contribution in [3.8, 4) is 0 Å². The highest BCUT2D eigenvalue weighted by Gasteiger charge is 2.09. The lowest BCUT2D eigenvalue weighted by atomic mass is 10.1. The summed E-state index contributed by atoms with van der Waals surface area (Å²) in [4.78, 5) is 11.1. The molecule has 2 aromatic rings. The van der Waals surface area contributed by atoms with Gasteiger partial charge in [-0.1, -0.05) is 18.2 Å². The molecule has 1 aromatic carbocycles. The molecule has 0 atom stereocenters. The van der Waals surface area contributed by atoms with Crippen LogP contribution in [0.25, 0.3) is 0 Å². The van der Waals surface area contributed by atoms with E-state index in [1.807, 2.05) is 25.1 Å². The van der Waals surface area contributed by atoms with E-state index in [-0.39, 0.29) is 11.5 Å². The maximum Gasteiger partial charge on any atom is 0.269 e. The molecule has 0 spiro atoms. The van der Waals surface area contributed by atoms with Gasteiger partial charge in [0.15, 0.2) is 0 Å². The molecule has 0 aliphatic heterocycles. The van der Waals surface area contributed by atoms with E-state index >= 15 is 0 Å². The molecule has 0 aliphatic rings. The summed E-state index contributed by atoms with van der Waals surface area (Å²) in [6, 6.07) is 9.00. The zero-order valence-electron chi connectivity index (χ0n) is 10.6. The summed E-state index contributed by atoms with van der Waals surface area (Å²) < 4.78 is 1.69. The number of carbonyl (C=O) groups excluding carboxylic acids is 1. The zero-order valence-corrected chi connectivity index (χ0v) is 10.6. The smallest absolute Gasteiger partial charge is 0.269 e. The minimum Gasteiger partial charge on any atom is -0.384 e. The molecule has 19 heavy (non-hydrogen) atoms. The molecule has 0 unspecified atom stereocenters. The summed E-state index contributed by atoms with van der Waals surface area (Å²) in [6.07, 6.45) is 0. The van der Waals surface area contributed by atoms with Gasteiger partial charge in [-0.2, -0.15) is 5.10 Å². The first kappa shape index (κ1) is 12.8. The van der Waals surface area contributed by atoms with E-state index < -0.39 is 5.91 Å². The molecule has 0 radical (unpaired) electrons. The Hall–Kier alpha value is -2.63. The van der Waals surface area contributed by atoms with Crippen LogP contribution in [0.4, 0.5) is 0 Å². The van der Waals surface area contributed by atoms with Crippen molar-refractivity contribution in [3.05, 3.63) is 52.8 Å². The zero-order chi connectivity index (χ0) is 14.0. The molecular weight excluding hydrogens is 242 g/mol. The minimum atomic E-state index is -0.542. The molecule has 1 aromatic heterocycles. The second-order valence-electron chi connectivity index (χ2n) is 4.31. The first-order chi connectivity index (χ1) is 8.97. The van der Waals surface area contributed by atoms with Crippen LogP contribution in [-0.2, 0) is 6.54 Å². The molecule has 1 heterocycles. The second-order valence-corrected chi connectivity index (χ2v) is 4.31. The summed E-state index contributed by atoms with van der Waals surface area (Å²) in [7, 11) is 0. The number of nitrogens with zero attached hydrogens (tertiary/aromatic N) is 2. The number of primary amides is 1. The van der Waals surface area contributed by atoms with Crippen LogP contribution in [0.1, 0.15) is 27.3 Å². The lowest BCUT2D eigenvalue weighted by Gasteiger charge is -2.06. The van der Waals surface area contributed by atoms with Gasteiger partial charge in [-0.3, -0.25) is 14.9 Å². The fraction of sp³-hybridized carbons (Fsp3) is 0.154. The number of hydrogen-bond donors (Lipinski definition) is 3. The number of hydrogen-bond acceptors (Lipinski definition) is 3. The maximum absolute atomic E-state index is 11.1. The number of rotatable bonds is 4. The highest BCUT2D eigenvalue weighted by atomic mass is 16.1. The van der Waals surface area contributed by atoms with Gasteiger partial charge in [0.1, 0.15) is 11.5 Å². The van der Waals surface area contributed by atoms with Crippen LogP contribution in [0, 0.1) is 12.3 Å². The predicted molar refractivity (Wildman–Crippen MR) is 72.0 cm³/mol. The SMILES string of the molecule is Cc1cc(C(N)=O)nn1Cc1cccc(C(=N)N)c1. The van der Waals surface area contributed by atoms with Gasteiger partial charge in [-0.15, -0.1) is 0 Å². The summed E-state index contributed by atoms with van der Waals surface area (Å²) >= 11 is 0. The lowest BCUT2D eigenvalue weighted by molar-refractivity contribution is 0.0995. The molecule has 0 saturated heterocycles. The summed E-state index contributed by atoms with van der Waals surface area (Å²) in [6.45, 7) is 2.36. The number of aryl methyl sites for hydroxylation is 1. The molecule has 0 bridgehead atoms. The second kappa shape index (κ2) is 4.93. The Morgan fingerprint density at radius 3 is 2.68 bits per heavy atom. The van der Waals surface area contributed by atoms with Crippen molar-refractivity contribution < 1.29 is 4.79 Å². The molecule has 6 nitrogen and oxygen atoms in total. The Balaban J connectivity index is 2.28. The Kier molecular flexibility index (Phi) is 3.33. The van der Waals surface area contributed by atoms with Crippen LogP contribution in [0.3, 0.4) is 0 Å². The van der Waals surface area contributed by atoms with Gasteiger partial charge in [0, 0.05) is 11.3 Å². The molecule has 0 saturated carbocycles. The van der Waals surface area contributed by atoms with Crippen LogP contribution in [0.2, 0.25) is 0 Å². The molecule has 0 fully saturated rings. The fourth-order valence-electron chi connectivity index (χ4n) is 1.80. The number of benzene rings is 1. The quantitative estimate of drug-likeness (QED) is 0.551. The van der Waals surface area contributed by atoms with Crippen LogP contribution >= 0.6 is 0 Å². The van der Waals surface area contributed by atoms with Crippen molar-refractivity contribution in [1.82, 2.24) is 9.78 Å². The van der Waals surface area contributed by atoms with Gasteiger partial charge < -0.3 is 11.5 Å². The van der Waals surface area contributed by atoms with Crippen LogP contribution in [0.15, 0.2) is 30.3 Å². The number of carbonyl (C=O) groups is 1. The fourth-order valence-corrected chi connectivity index (χ4v) is 1.80. The van der Waals surface area contributed by atoms with Crippen molar-refractivity contribution in [1.29, 1.82) is 5.41 Å². The van der Waals surface area contributed by atoms with Gasteiger partial charge in [0.25, 0.3) is 5.91 Å². The first-order valence-corrected chi connectivity index (χ1v) is 5.75. The average molecular weight is 257 g/mol. The Morgan fingerprint density at radius 1 is 1.37 bits per heavy atom. The summed E-state index contributed by atoms with van der Waals surface area (Å²) in [5.41, 5.74) is 13.4. The Morgan fingerprint density at radius 2 is 2.11 bits per heavy atom. The number of nitrogen functional groups attached to an aromatic ring is 1. The maximum atomic E-state index is 11.1. The summed E-state index contributed by atoms with van der Waals surface area (Å²) in [5, 5.41) is 11.5. The van der Waals surface area contributed by atoms with Gasteiger partial charge in [-0.25, -0.2) is 0 Å². The standard InChI is InChI=1S/C13H15N5O/c1-8-5-11(13(16)19)17-18(8)7-9-3-2-4-10(6-9)12(14)15/h2-6H,7H2,1H3,(H3,14,15)(H2,16,19). The van der Waals surface area contributed by atoms with Crippen LogP contribution < -0.4 is 11.5 Å². The topological polar surface area (TPSA) is 111 Å². The highest BCUT2D eigenvalue weighted by molar-refractivity contribution is 5.95. The normalized spacial score (nSPS) is 10.4. The van der Waals surface area contributed by atoms with Crippen LogP contribution in [0.5, 0.6) is 0 Å². The van der Waals surface area contributed by atoms with Gasteiger partial charge in [0.05, 0.1) is 6.54 Å². The van der Waals surface area contributed by atoms with Crippen molar-refractivity contribution in [2.75, 3.05) is 0 Å². The predicted octanol–water partition coefficient (Wildman–Crippen LogP) is 0.623. The third-order valence-electron chi connectivity index (χ3n) is 2.80. The molecule has 98 valence electrons. The third-order valence-corrected chi connectivity index (χ3v) is 2.80. The van der Waals surface area contributed by atoms with Crippen LogP contribution in [-0.4, -0.2) is 21.5 Å². The van der Waals surface area contributed by atoms with E-state index in [0.29, 0.717) is 12.1 Å². The molecule has 0 aliphatic carbocycles. The van der Waals surface area contributed by atoms with E-state index in [2.05, 4.69) is 5.10 Å². The summed E-state index contributed by atoms with van der Waals surface area (Å²) in [5.74, 6) is -0.517. The van der Waals surface area contributed by atoms with Gasteiger partial charge >= 0.3 is 0 Å². The van der Waals surface area contributed by atoms with Crippen molar-refractivity contribution in [2.24, 2.45) is 11.5 Å². The van der Waals surface area contributed by atoms with Gasteiger partial charge in [0.2, 0.25) is 0 Å². The number of amides is 1. The number of amidine groups is 1. The molecule has 2 rings (SSSR count). The van der Waals surface area contributed by atoms with Crippen molar-refractivity contribution >= 4 is 11.7 Å². The molecule has 6 heteroatoms.